The van der Waals surface area contributed by atoms with Crippen LogP contribution in [0.15, 0.2) is 18.2 Å². The molecule has 2 aliphatic rings. The number of benzene rings is 1. The molecule has 1 aromatic rings. The van der Waals surface area contributed by atoms with Gasteiger partial charge in [0, 0.05) is 42.5 Å². The molecule has 2 heterocycles. The van der Waals surface area contributed by atoms with Gasteiger partial charge in [0.25, 0.3) is 0 Å². The second-order valence-corrected chi connectivity index (χ2v) is 8.70. The highest BCUT2D eigenvalue weighted by molar-refractivity contribution is 8.13. The van der Waals surface area contributed by atoms with Gasteiger partial charge >= 0.3 is 0 Å². The summed E-state index contributed by atoms with van der Waals surface area (Å²) in [6.07, 6.45) is 1.06. The first kappa shape index (κ1) is 16.4. The van der Waals surface area contributed by atoms with E-state index in [0.717, 1.165) is 12.0 Å². The third kappa shape index (κ3) is 4.29. The van der Waals surface area contributed by atoms with Crippen LogP contribution in [0.5, 0.6) is 11.5 Å². The van der Waals surface area contributed by atoms with Gasteiger partial charge in [0.2, 0.25) is 15.0 Å². The van der Waals surface area contributed by atoms with Crippen molar-refractivity contribution in [2.75, 3.05) is 25.5 Å². The van der Waals surface area contributed by atoms with Gasteiger partial charge in [-0.05, 0) is 17.7 Å². The van der Waals surface area contributed by atoms with Crippen LogP contribution in [0.1, 0.15) is 18.4 Å². The summed E-state index contributed by atoms with van der Waals surface area (Å²) in [7, 11) is 1.69. The van der Waals surface area contributed by atoms with Crippen LogP contribution in [-0.4, -0.2) is 44.7 Å². The fourth-order valence-corrected chi connectivity index (χ4v) is 4.25. The predicted molar refractivity (Wildman–Crippen MR) is 85.2 cm³/mol. The number of hydrogen-bond donors (Lipinski definition) is 0. The summed E-state index contributed by atoms with van der Waals surface area (Å²) in [4.78, 5) is 13.7. The van der Waals surface area contributed by atoms with Crippen molar-refractivity contribution in [1.82, 2.24) is 4.90 Å². The monoisotopic (exact) mass is 359 g/mol. The van der Waals surface area contributed by atoms with Crippen molar-refractivity contribution in [3.8, 4) is 11.5 Å². The van der Waals surface area contributed by atoms with Crippen LogP contribution < -0.4 is 9.47 Å². The Labute approximate surface area is 139 Å². The van der Waals surface area contributed by atoms with Crippen LogP contribution in [0.25, 0.3) is 0 Å². The molecule has 2 aliphatic heterocycles. The van der Waals surface area contributed by atoms with E-state index in [9.17, 15) is 13.2 Å². The van der Waals surface area contributed by atoms with Gasteiger partial charge < -0.3 is 14.4 Å². The molecule has 1 fully saturated rings. The molecule has 6 nitrogen and oxygen atoms in total. The Hall–Kier alpha value is -1.47. The highest BCUT2D eigenvalue weighted by Crippen LogP contribution is 2.31. The molecule has 0 radical (unpaired) electrons. The van der Waals surface area contributed by atoms with Crippen molar-refractivity contribution in [3.05, 3.63) is 23.8 Å². The van der Waals surface area contributed by atoms with Gasteiger partial charge in [-0.3, -0.25) is 4.79 Å². The summed E-state index contributed by atoms with van der Waals surface area (Å²) in [6.45, 7) is 2.06. The Balaban J connectivity index is 1.67. The summed E-state index contributed by atoms with van der Waals surface area (Å²) in [5.74, 6) is 0.933. The van der Waals surface area contributed by atoms with Gasteiger partial charge in [-0.1, -0.05) is 6.07 Å². The second kappa shape index (κ2) is 6.57. The minimum atomic E-state index is -3.59. The average molecular weight is 360 g/mol. The molecule has 0 bridgehead atoms. The topological polar surface area (TPSA) is 72.9 Å². The predicted octanol–water partition coefficient (Wildman–Crippen LogP) is 1.77. The first-order valence-electron chi connectivity index (χ1n) is 7.49. The van der Waals surface area contributed by atoms with Gasteiger partial charge in [0.15, 0.2) is 11.5 Å². The maximum absolute atomic E-state index is 12.1. The molecule has 0 aliphatic carbocycles. The van der Waals surface area contributed by atoms with Gasteiger partial charge in [-0.15, -0.1) is 0 Å². The second-order valence-electron chi connectivity index (χ2n) is 5.88. The summed E-state index contributed by atoms with van der Waals surface area (Å²) in [6, 6.07) is 5.61. The molecule has 8 heteroatoms. The minimum Gasteiger partial charge on any atom is -0.490 e. The van der Waals surface area contributed by atoms with E-state index in [1.54, 1.807) is 4.90 Å². The number of likely N-dealkylation sites (tertiary alicyclic amines) is 1. The minimum absolute atomic E-state index is 0.0533. The van der Waals surface area contributed by atoms with Gasteiger partial charge in [0.05, 0.1) is 19.0 Å². The van der Waals surface area contributed by atoms with Crippen LogP contribution in [0.2, 0.25) is 0 Å². The molecular weight excluding hydrogens is 342 g/mol. The maximum Gasteiger partial charge on any atom is 0.232 e. The number of rotatable bonds is 4. The molecule has 0 N–H and O–H groups in total. The van der Waals surface area contributed by atoms with E-state index in [0.29, 0.717) is 37.8 Å². The lowest BCUT2D eigenvalue weighted by molar-refractivity contribution is -0.128. The number of fused-ring (bicyclic) bond motifs is 1. The highest BCUT2D eigenvalue weighted by Gasteiger charge is 2.32. The van der Waals surface area contributed by atoms with Crippen LogP contribution in [-0.2, 0) is 20.4 Å². The van der Waals surface area contributed by atoms with Crippen molar-refractivity contribution in [3.63, 3.8) is 0 Å². The number of ether oxygens (including phenoxy) is 2. The summed E-state index contributed by atoms with van der Waals surface area (Å²) in [5.41, 5.74) is 0.928. The number of halogens is 1. The quantitative estimate of drug-likeness (QED) is 0.766. The largest absolute Gasteiger partial charge is 0.490 e. The lowest BCUT2D eigenvalue weighted by atomic mass is 10.1. The molecule has 1 unspecified atom stereocenters. The van der Waals surface area contributed by atoms with Crippen LogP contribution >= 0.6 is 10.7 Å². The zero-order chi connectivity index (χ0) is 16.4. The normalized spacial score (nSPS) is 21.3. The highest BCUT2D eigenvalue weighted by atomic mass is 35.7. The molecule has 1 aromatic carbocycles. The van der Waals surface area contributed by atoms with E-state index in [-0.39, 0.29) is 24.0 Å². The van der Waals surface area contributed by atoms with Gasteiger partial charge in [-0.25, -0.2) is 8.42 Å². The number of carbonyl (C=O) groups is 1. The molecule has 1 atom stereocenters. The number of hydrogen-bond acceptors (Lipinski definition) is 5. The molecule has 23 heavy (non-hydrogen) atoms. The smallest absolute Gasteiger partial charge is 0.232 e. The van der Waals surface area contributed by atoms with E-state index in [1.807, 2.05) is 18.2 Å². The zero-order valence-corrected chi connectivity index (χ0v) is 14.1. The number of amides is 1. The molecule has 126 valence electrons. The fraction of sp³-hybridized carbons (Fsp3) is 0.533. The van der Waals surface area contributed by atoms with Crippen molar-refractivity contribution in [1.29, 1.82) is 0 Å². The first-order chi connectivity index (χ1) is 10.9. The van der Waals surface area contributed by atoms with Crippen molar-refractivity contribution in [2.45, 2.75) is 19.4 Å². The zero-order valence-electron chi connectivity index (χ0n) is 12.5. The Bertz CT molecular complexity index is 706. The fourth-order valence-electron chi connectivity index (χ4n) is 2.93. The standard InChI is InChI=1S/C15H18ClNO5S/c16-23(19,20)10-12-7-15(18)17(9-12)8-11-2-3-13-14(6-11)22-5-1-4-21-13/h2-3,6,12H,1,4-5,7-10H2. The molecule has 3 rings (SSSR count). The van der Waals surface area contributed by atoms with E-state index in [4.69, 9.17) is 20.2 Å². The average Bonchev–Trinajstić information content (AvgIpc) is 2.67. The number of nitrogens with zero attached hydrogens (tertiary/aromatic N) is 1. The van der Waals surface area contributed by atoms with Gasteiger partial charge in [-0.2, -0.15) is 0 Å². The van der Waals surface area contributed by atoms with Crippen molar-refractivity contribution < 1.29 is 22.7 Å². The third-order valence-electron chi connectivity index (χ3n) is 3.91. The Morgan fingerprint density at radius 2 is 1.96 bits per heavy atom. The molecule has 1 saturated heterocycles. The summed E-state index contributed by atoms with van der Waals surface area (Å²) in [5, 5.41) is 0. The Kier molecular flexibility index (Phi) is 4.68. The van der Waals surface area contributed by atoms with E-state index in [1.165, 1.54) is 0 Å². The van der Waals surface area contributed by atoms with E-state index in [2.05, 4.69) is 0 Å². The number of carbonyl (C=O) groups excluding carboxylic acids is 1. The van der Waals surface area contributed by atoms with E-state index >= 15 is 0 Å². The van der Waals surface area contributed by atoms with Crippen molar-refractivity contribution >= 4 is 25.6 Å². The lowest BCUT2D eigenvalue weighted by Crippen LogP contribution is -2.25. The molecule has 0 aromatic heterocycles. The molecule has 1 amide bonds. The Morgan fingerprint density at radius 1 is 1.22 bits per heavy atom. The van der Waals surface area contributed by atoms with Crippen molar-refractivity contribution in [2.24, 2.45) is 5.92 Å². The first-order valence-corrected chi connectivity index (χ1v) is 9.97. The third-order valence-corrected chi connectivity index (χ3v) is 5.16. The van der Waals surface area contributed by atoms with Crippen LogP contribution in [0, 0.1) is 5.92 Å². The Morgan fingerprint density at radius 3 is 2.70 bits per heavy atom. The SMILES string of the molecule is O=C1CC(CS(=O)(=O)Cl)CN1Cc1ccc2c(c1)OCCCO2. The molecular formula is C15H18ClNO5S. The summed E-state index contributed by atoms with van der Waals surface area (Å²) < 4.78 is 33.5. The van der Waals surface area contributed by atoms with E-state index < -0.39 is 9.05 Å². The molecule has 0 saturated carbocycles. The maximum atomic E-state index is 12.1. The van der Waals surface area contributed by atoms with Gasteiger partial charge in [0.1, 0.15) is 0 Å². The lowest BCUT2D eigenvalue weighted by Gasteiger charge is -2.17. The van der Waals surface area contributed by atoms with Crippen LogP contribution in [0.4, 0.5) is 0 Å². The molecule has 0 spiro atoms. The van der Waals surface area contributed by atoms with Crippen LogP contribution in [0.3, 0.4) is 0 Å². The summed E-state index contributed by atoms with van der Waals surface area (Å²) >= 11 is 0.